The molecule has 0 fully saturated rings. The maximum absolute atomic E-state index is 13.1. The van der Waals surface area contributed by atoms with Crippen LogP contribution in [0.15, 0.2) is 36.7 Å². The summed E-state index contributed by atoms with van der Waals surface area (Å²) in [7, 11) is 1.61. The Balaban J connectivity index is 1.74. The van der Waals surface area contributed by atoms with Crippen LogP contribution in [0, 0.1) is 6.92 Å². The zero-order valence-corrected chi connectivity index (χ0v) is 15.7. The minimum absolute atomic E-state index is 0.229. The van der Waals surface area contributed by atoms with E-state index in [0.717, 1.165) is 27.0 Å². The van der Waals surface area contributed by atoms with Gasteiger partial charge in [-0.1, -0.05) is 0 Å². The molecule has 5 rings (SSSR count). The second-order valence-electron chi connectivity index (χ2n) is 6.30. The SMILES string of the molecule is COc1ccc(-c2nc3c4sc5nc(C(F)F)cc(C)c5c4ncn3n2)cc1. The number of nitrogens with zero attached hydrogens (tertiary/aromatic N) is 5. The maximum atomic E-state index is 13.1. The van der Waals surface area contributed by atoms with Gasteiger partial charge >= 0.3 is 0 Å². The molecule has 6 nitrogen and oxygen atoms in total. The highest BCUT2D eigenvalue weighted by atomic mass is 32.1. The molecule has 0 bridgehead atoms. The third kappa shape index (κ3) is 2.50. The van der Waals surface area contributed by atoms with E-state index in [0.29, 0.717) is 21.8 Å². The molecule has 0 spiro atoms. The van der Waals surface area contributed by atoms with E-state index >= 15 is 0 Å². The van der Waals surface area contributed by atoms with Crippen molar-refractivity contribution in [3.63, 3.8) is 0 Å². The van der Waals surface area contributed by atoms with Crippen LogP contribution in [0.25, 0.3) is 37.5 Å². The van der Waals surface area contributed by atoms with E-state index in [1.807, 2.05) is 24.3 Å². The molecular formula is C19H13F2N5OS. The number of ether oxygens (including phenoxy) is 1. The molecular weight excluding hydrogens is 384 g/mol. The molecule has 0 saturated carbocycles. The molecule has 0 amide bonds. The van der Waals surface area contributed by atoms with Crippen molar-refractivity contribution in [1.29, 1.82) is 0 Å². The van der Waals surface area contributed by atoms with Gasteiger partial charge in [-0.3, -0.25) is 0 Å². The fourth-order valence-corrected chi connectivity index (χ4v) is 4.39. The lowest BCUT2D eigenvalue weighted by molar-refractivity contribution is 0.146. The number of aryl methyl sites for hydroxylation is 1. The summed E-state index contributed by atoms with van der Waals surface area (Å²) >= 11 is 1.30. The highest BCUT2D eigenvalue weighted by Gasteiger charge is 2.19. The van der Waals surface area contributed by atoms with Gasteiger partial charge in [-0.15, -0.1) is 16.4 Å². The molecule has 0 atom stereocenters. The standard InChI is InChI=1S/C19H13F2N5OS/c1-9-7-12(16(20)21)23-19-13(9)14-15(28-19)18-24-17(25-26(18)8-22-14)10-3-5-11(27-2)6-4-10/h3-8,16H,1-2H3. The number of hydrogen-bond acceptors (Lipinski definition) is 6. The summed E-state index contributed by atoms with van der Waals surface area (Å²) in [5.74, 6) is 1.30. The monoisotopic (exact) mass is 397 g/mol. The smallest absolute Gasteiger partial charge is 0.280 e. The Morgan fingerprint density at radius 1 is 1.14 bits per heavy atom. The number of halogens is 2. The Bertz CT molecular complexity index is 1340. The first-order chi connectivity index (χ1) is 13.5. The number of benzene rings is 1. The molecule has 4 heterocycles. The van der Waals surface area contributed by atoms with Crippen LogP contribution in [0.1, 0.15) is 17.7 Å². The molecule has 0 N–H and O–H groups in total. The molecule has 0 aliphatic rings. The number of pyridine rings is 1. The topological polar surface area (TPSA) is 65.2 Å². The first kappa shape index (κ1) is 16.9. The van der Waals surface area contributed by atoms with Gasteiger partial charge in [0.15, 0.2) is 11.5 Å². The summed E-state index contributed by atoms with van der Waals surface area (Å²) in [6.07, 6.45) is -1.03. The van der Waals surface area contributed by atoms with E-state index < -0.39 is 6.43 Å². The molecule has 0 radical (unpaired) electrons. The van der Waals surface area contributed by atoms with Gasteiger partial charge < -0.3 is 4.74 Å². The van der Waals surface area contributed by atoms with Crippen LogP contribution in [0.5, 0.6) is 5.75 Å². The molecule has 0 saturated heterocycles. The fourth-order valence-electron chi connectivity index (χ4n) is 3.21. The zero-order chi connectivity index (χ0) is 19.4. The molecule has 5 aromatic rings. The van der Waals surface area contributed by atoms with E-state index in [1.54, 1.807) is 24.9 Å². The third-order valence-corrected chi connectivity index (χ3v) is 5.63. The average molecular weight is 397 g/mol. The Morgan fingerprint density at radius 2 is 1.93 bits per heavy atom. The van der Waals surface area contributed by atoms with Crippen molar-refractivity contribution in [2.45, 2.75) is 13.3 Å². The van der Waals surface area contributed by atoms with Crippen molar-refractivity contribution >= 4 is 37.4 Å². The van der Waals surface area contributed by atoms with Gasteiger partial charge in [0.1, 0.15) is 27.3 Å². The van der Waals surface area contributed by atoms with Crippen LogP contribution < -0.4 is 4.74 Å². The quantitative estimate of drug-likeness (QED) is 0.437. The maximum Gasteiger partial charge on any atom is 0.280 e. The van der Waals surface area contributed by atoms with Crippen LogP contribution >= 0.6 is 11.3 Å². The first-order valence-corrected chi connectivity index (χ1v) is 9.24. The lowest BCUT2D eigenvalue weighted by Crippen LogP contribution is -1.92. The van der Waals surface area contributed by atoms with Crippen molar-refractivity contribution in [3.8, 4) is 17.1 Å². The predicted molar refractivity (Wildman–Crippen MR) is 103 cm³/mol. The normalized spacial score (nSPS) is 11.9. The van der Waals surface area contributed by atoms with Gasteiger partial charge in [0.25, 0.3) is 6.43 Å². The lowest BCUT2D eigenvalue weighted by atomic mass is 10.1. The molecule has 4 aromatic heterocycles. The van der Waals surface area contributed by atoms with Crippen molar-refractivity contribution in [2.75, 3.05) is 7.11 Å². The molecule has 28 heavy (non-hydrogen) atoms. The minimum Gasteiger partial charge on any atom is -0.497 e. The molecule has 140 valence electrons. The fraction of sp³-hybridized carbons (Fsp3) is 0.158. The number of rotatable bonds is 3. The Hall–Kier alpha value is -3.20. The highest BCUT2D eigenvalue weighted by Crippen LogP contribution is 2.37. The number of methoxy groups -OCH3 is 1. The molecule has 0 aliphatic carbocycles. The lowest BCUT2D eigenvalue weighted by Gasteiger charge is -2.01. The van der Waals surface area contributed by atoms with Crippen molar-refractivity contribution in [2.24, 2.45) is 0 Å². The second-order valence-corrected chi connectivity index (χ2v) is 7.30. The van der Waals surface area contributed by atoms with Gasteiger partial charge in [0.05, 0.1) is 12.6 Å². The van der Waals surface area contributed by atoms with E-state index in [1.165, 1.54) is 17.4 Å². The van der Waals surface area contributed by atoms with Gasteiger partial charge in [0.2, 0.25) is 0 Å². The number of aromatic nitrogens is 5. The van der Waals surface area contributed by atoms with E-state index in [9.17, 15) is 8.78 Å². The van der Waals surface area contributed by atoms with Gasteiger partial charge in [0, 0.05) is 10.9 Å². The van der Waals surface area contributed by atoms with Gasteiger partial charge in [-0.25, -0.2) is 28.2 Å². The molecule has 9 heteroatoms. The van der Waals surface area contributed by atoms with Crippen molar-refractivity contribution in [3.05, 3.63) is 47.9 Å². The summed E-state index contributed by atoms with van der Waals surface area (Å²) in [6.45, 7) is 1.79. The zero-order valence-electron chi connectivity index (χ0n) is 14.8. The van der Waals surface area contributed by atoms with Crippen LogP contribution in [0.3, 0.4) is 0 Å². The summed E-state index contributed by atoms with van der Waals surface area (Å²) in [5.41, 5.74) is 2.66. The summed E-state index contributed by atoms with van der Waals surface area (Å²) in [4.78, 5) is 13.8. The van der Waals surface area contributed by atoms with Gasteiger partial charge in [-0.2, -0.15) is 0 Å². The summed E-state index contributed by atoms with van der Waals surface area (Å²) < 4.78 is 33.8. The average Bonchev–Trinajstić information content (AvgIpc) is 3.29. The Morgan fingerprint density at radius 3 is 2.64 bits per heavy atom. The summed E-state index contributed by atoms with van der Waals surface area (Å²) in [5, 5.41) is 5.27. The van der Waals surface area contributed by atoms with Crippen LogP contribution in [-0.4, -0.2) is 31.7 Å². The van der Waals surface area contributed by atoms with Gasteiger partial charge in [-0.05, 0) is 42.8 Å². The molecule has 0 unspecified atom stereocenters. The third-order valence-electron chi connectivity index (χ3n) is 4.56. The second kappa shape index (κ2) is 6.16. The number of fused-ring (bicyclic) bond motifs is 5. The Kier molecular flexibility index (Phi) is 3.73. The predicted octanol–water partition coefficient (Wildman–Crippen LogP) is 4.81. The van der Waals surface area contributed by atoms with Crippen LogP contribution in [0.4, 0.5) is 8.78 Å². The number of hydrogen-bond donors (Lipinski definition) is 0. The largest absolute Gasteiger partial charge is 0.497 e. The highest BCUT2D eigenvalue weighted by molar-refractivity contribution is 7.26. The van der Waals surface area contributed by atoms with E-state index in [4.69, 9.17) is 4.74 Å². The van der Waals surface area contributed by atoms with E-state index in [2.05, 4.69) is 20.1 Å². The summed E-state index contributed by atoms with van der Waals surface area (Å²) in [6, 6.07) is 8.85. The van der Waals surface area contributed by atoms with Crippen molar-refractivity contribution < 1.29 is 13.5 Å². The van der Waals surface area contributed by atoms with Crippen LogP contribution in [-0.2, 0) is 0 Å². The van der Waals surface area contributed by atoms with Crippen LogP contribution in [0.2, 0.25) is 0 Å². The van der Waals surface area contributed by atoms with E-state index in [-0.39, 0.29) is 5.69 Å². The number of thiophene rings is 1. The molecule has 1 aromatic carbocycles. The molecule has 0 aliphatic heterocycles. The Labute approximate surface area is 161 Å². The minimum atomic E-state index is -2.61. The van der Waals surface area contributed by atoms with Crippen molar-refractivity contribution in [1.82, 2.24) is 24.6 Å². The first-order valence-electron chi connectivity index (χ1n) is 8.43. The number of alkyl halides is 2.